The fraction of sp³-hybridized carbons (Fsp3) is 0.130. The minimum atomic E-state index is -4.67. The van der Waals surface area contributed by atoms with Crippen molar-refractivity contribution in [1.82, 2.24) is 4.98 Å². The number of hydrogen-bond donors (Lipinski definition) is 1. The van der Waals surface area contributed by atoms with Crippen LogP contribution < -0.4 is 5.32 Å². The highest BCUT2D eigenvalue weighted by molar-refractivity contribution is 8.00. The van der Waals surface area contributed by atoms with Gasteiger partial charge in [-0.3, -0.25) is 9.59 Å². The molecule has 1 N–H and O–H groups in total. The number of nitrogens with one attached hydrogen (secondary N) is 1. The Bertz CT molecular complexity index is 1210. The van der Waals surface area contributed by atoms with Crippen LogP contribution in [-0.4, -0.2) is 22.4 Å². The zero-order valence-electron chi connectivity index (χ0n) is 16.7. The first-order valence-corrected chi connectivity index (χ1v) is 10.3. The van der Waals surface area contributed by atoms with Crippen LogP contribution in [0.5, 0.6) is 0 Å². The van der Waals surface area contributed by atoms with E-state index in [1.54, 1.807) is 54.6 Å². The van der Waals surface area contributed by atoms with Crippen molar-refractivity contribution in [1.29, 1.82) is 5.26 Å². The predicted molar refractivity (Wildman–Crippen MR) is 114 cm³/mol. The minimum absolute atomic E-state index is 0.0181. The van der Waals surface area contributed by atoms with Gasteiger partial charge in [-0.25, -0.2) is 4.98 Å². The topological polar surface area (TPSA) is 82.8 Å². The quantitative estimate of drug-likeness (QED) is 0.406. The molecule has 0 aliphatic heterocycles. The summed E-state index contributed by atoms with van der Waals surface area (Å²) < 4.78 is 39.2. The molecule has 0 spiro atoms. The highest BCUT2D eigenvalue weighted by atomic mass is 32.2. The number of thioether (sulfide) groups is 1. The molecule has 1 aromatic heterocycles. The van der Waals surface area contributed by atoms with Crippen LogP contribution in [0, 0.1) is 18.3 Å². The summed E-state index contributed by atoms with van der Waals surface area (Å²) in [7, 11) is 0. The number of nitriles is 1. The monoisotopic (exact) mass is 455 g/mol. The lowest BCUT2D eigenvalue weighted by Crippen LogP contribution is -2.17. The van der Waals surface area contributed by atoms with Gasteiger partial charge in [0.05, 0.1) is 17.0 Å². The number of alkyl halides is 3. The number of aromatic nitrogens is 1. The maximum Gasteiger partial charge on any atom is 0.433 e. The van der Waals surface area contributed by atoms with Crippen LogP contribution >= 0.6 is 11.8 Å². The van der Waals surface area contributed by atoms with E-state index in [0.717, 1.165) is 17.8 Å². The van der Waals surface area contributed by atoms with Gasteiger partial charge in [0.2, 0.25) is 5.91 Å². The van der Waals surface area contributed by atoms with Gasteiger partial charge < -0.3 is 5.32 Å². The van der Waals surface area contributed by atoms with E-state index in [9.17, 15) is 28.0 Å². The van der Waals surface area contributed by atoms with Gasteiger partial charge in [-0.2, -0.15) is 18.4 Å². The SMILES string of the molecule is Cc1cc(C(F)(F)F)nc(SCC(=O)Nc2ccccc2C(=O)c2ccccc2)c1C#N. The number of para-hydroxylation sites is 1. The molecule has 0 atom stereocenters. The summed E-state index contributed by atoms with van der Waals surface area (Å²) in [6, 6.07) is 17.6. The lowest BCUT2D eigenvalue weighted by atomic mass is 10.0. The van der Waals surface area contributed by atoms with E-state index in [-0.39, 0.29) is 38.9 Å². The molecule has 1 heterocycles. The number of amides is 1. The van der Waals surface area contributed by atoms with Crippen LogP contribution in [0.15, 0.2) is 65.7 Å². The van der Waals surface area contributed by atoms with Gasteiger partial charge in [-0.15, -0.1) is 0 Å². The molecule has 0 saturated carbocycles. The molecule has 0 aliphatic rings. The van der Waals surface area contributed by atoms with Crippen molar-refractivity contribution in [3.63, 3.8) is 0 Å². The molecule has 0 saturated heterocycles. The van der Waals surface area contributed by atoms with Gasteiger partial charge in [0.15, 0.2) is 5.78 Å². The second-order valence-electron chi connectivity index (χ2n) is 6.69. The number of hydrogen-bond acceptors (Lipinski definition) is 5. The van der Waals surface area contributed by atoms with Gasteiger partial charge in [0, 0.05) is 11.1 Å². The number of carbonyl (C=O) groups excluding carboxylic acids is 2. The predicted octanol–water partition coefficient (Wildman–Crippen LogP) is 5.24. The molecule has 0 aliphatic carbocycles. The van der Waals surface area contributed by atoms with Gasteiger partial charge in [0.25, 0.3) is 0 Å². The Hall–Kier alpha value is -3.64. The first-order chi connectivity index (χ1) is 15.2. The smallest absolute Gasteiger partial charge is 0.325 e. The molecule has 5 nitrogen and oxygen atoms in total. The fourth-order valence-corrected chi connectivity index (χ4v) is 3.74. The van der Waals surface area contributed by atoms with Crippen LogP contribution in [0.25, 0.3) is 0 Å². The number of anilines is 1. The Labute approximate surface area is 186 Å². The fourth-order valence-electron chi connectivity index (χ4n) is 2.88. The van der Waals surface area contributed by atoms with E-state index in [0.29, 0.717) is 5.56 Å². The number of rotatable bonds is 6. The molecule has 0 fully saturated rings. The van der Waals surface area contributed by atoms with E-state index in [1.165, 1.54) is 6.92 Å². The molecular formula is C23H16F3N3O2S. The average molecular weight is 455 g/mol. The lowest BCUT2D eigenvalue weighted by Gasteiger charge is -2.12. The number of carbonyl (C=O) groups is 2. The summed E-state index contributed by atoms with van der Waals surface area (Å²) in [5, 5.41) is 11.7. The summed E-state index contributed by atoms with van der Waals surface area (Å²) in [5.74, 6) is -1.13. The number of nitrogens with zero attached hydrogens (tertiary/aromatic N) is 2. The Morgan fingerprint density at radius 3 is 2.41 bits per heavy atom. The molecule has 3 rings (SSSR count). The third-order valence-electron chi connectivity index (χ3n) is 4.41. The van der Waals surface area contributed by atoms with E-state index in [4.69, 9.17) is 0 Å². The Balaban J connectivity index is 1.78. The van der Waals surface area contributed by atoms with Crippen LogP contribution in [-0.2, 0) is 11.0 Å². The zero-order valence-corrected chi connectivity index (χ0v) is 17.6. The van der Waals surface area contributed by atoms with Gasteiger partial charge in [-0.1, -0.05) is 54.2 Å². The summed E-state index contributed by atoms with van der Waals surface area (Å²) in [6.07, 6.45) is -4.67. The average Bonchev–Trinajstić information content (AvgIpc) is 2.77. The molecule has 2 aromatic carbocycles. The van der Waals surface area contributed by atoms with Crippen molar-refractivity contribution in [3.05, 3.63) is 88.6 Å². The van der Waals surface area contributed by atoms with Crippen molar-refractivity contribution in [2.75, 3.05) is 11.1 Å². The summed E-state index contributed by atoms with van der Waals surface area (Å²) in [5.41, 5.74) is -0.0166. The second-order valence-corrected chi connectivity index (χ2v) is 7.66. The van der Waals surface area contributed by atoms with Crippen molar-refractivity contribution in [2.24, 2.45) is 0 Å². The third kappa shape index (κ3) is 5.34. The normalized spacial score (nSPS) is 11.0. The highest BCUT2D eigenvalue weighted by Crippen LogP contribution is 2.32. The Morgan fingerprint density at radius 2 is 1.75 bits per heavy atom. The van der Waals surface area contributed by atoms with Crippen LogP contribution in [0.4, 0.5) is 18.9 Å². The van der Waals surface area contributed by atoms with Crippen LogP contribution in [0.1, 0.15) is 32.7 Å². The molecular weight excluding hydrogens is 439 g/mol. The van der Waals surface area contributed by atoms with Crippen molar-refractivity contribution >= 4 is 29.1 Å². The third-order valence-corrected chi connectivity index (χ3v) is 5.38. The van der Waals surface area contributed by atoms with Crippen molar-refractivity contribution in [3.8, 4) is 6.07 Å². The van der Waals surface area contributed by atoms with E-state index >= 15 is 0 Å². The van der Waals surface area contributed by atoms with E-state index in [1.807, 2.05) is 6.07 Å². The van der Waals surface area contributed by atoms with E-state index < -0.39 is 17.8 Å². The summed E-state index contributed by atoms with van der Waals surface area (Å²) in [6.45, 7) is 1.38. The number of aryl methyl sites for hydroxylation is 1. The molecule has 0 radical (unpaired) electrons. The largest absolute Gasteiger partial charge is 0.433 e. The number of halogens is 3. The maximum atomic E-state index is 13.1. The first-order valence-electron chi connectivity index (χ1n) is 9.31. The van der Waals surface area contributed by atoms with E-state index in [2.05, 4.69) is 10.3 Å². The zero-order chi connectivity index (χ0) is 23.3. The van der Waals surface area contributed by atoms with Crippen molar-refractivity contribution in [2.45, 2.75) is 18.1 Å². The number of ketones is 1. The molecule has 0 unspecified atom stereocenters. The standard InChI is InChI=1S/C23H16F3N3O2S/c1-14-11-19(23(24,25)26)29-22(17(14)12-27)32-13-20(30)28-18-10-6-5-9-16(18)21(31)15-7-3-2-4-8-15/h2-11H,13H2,1H3,(H,28,30). The number of pyridine rings is 1. The van der Waals surface area contributed by atoms with Gasteiger partial charge in [0.1, 0.15) is 16.8 Å². The molecule has 1 amide bonds. The van der Waals surface area contributed by atoms with Gasteiger partial charge >= 0.3 is 6.18 Å². The second kappa shape index (κ2) is 9.66. The molecule has 3 aromatic rings. The summed E-state index contributed by atoms with van der Waals surface area (Å²) in [4.78, 5) is 28.8. The van der Waals surface area contributed by atoms with Crippen molar-refractivity contribution < 1.29 is 22.8 Å². The molecule has 0 bridgehead atoms. The molecule has 162 valence electrons. The van der Waals surface area contributed by atoms with Gasteiger partial charge in [-0.05, 0) is 30.7 Å². The Kier molecular flexibility index (Phi) is 6.95. The van der Waals surface area contributed by atoms with Crippen LogP contribution in [0.2, 0.25) is 0 Å². The van der Waals surface area contributed by atoms with Crippen LogP contribution in [0.3, 0.4) is 0 Å². The minimum Gasteiger partial charge on any atom is -0.325 e. The first kappa shape index (κ1) is 23.0. The molecule has 9 heteroatoms. The summed E-state index contributed by atoms with van der Waals surface area (Å²) >= 11 is 0.723. The lowest BCUT2D eigenvalue weighted by molar-refractivity contribution is -0.141. The molecule has 32 heavy (non-hydrogen) atoms. The Morgan fingerprint density at radius 1 is 1.09 bits per heavy atom. The highest BCUT2D eigenvalue weighted by Gasteiger charge is 2.34. The number of benzene rings is 2. The maximum absolute atomic E-state index is 13.1.